The average Bonchev–Trinajstić information content (AvgIpc) is 2.13. The third-order valence-corrected chi connectivity index (χ3v) is 4.52. The van der Waals surface area contributed by atoms with Crippen molar-refractivity contribution in [3.63, 3.8) is 0 Å². The van der Waals surface area contributed by atoms with Gasteiger partial charge in [-0.1, -0.05) is 0 Å². The Balaban J connectivity index is 1.96. The Labute approximate surface area is 79.1 Å². The molecule has 4 aliphatic carbocycles. The highest BCUT2D eigenvalue weighted by molar-refractivity contribution is 5.85. The molecule has 0 saturated heterocycles. The van der Waals surface area contributed by atoms with Gasteiger partial charge in [0.2, 0.25) is 0 Å². The molecule has 0 heterocycles. The molecule has 1 N–H and O–H groups in total. The van der Waals surface area contributed by atoms with Crippen LogP contribution >= 0.6 is 0 Å². The van der Waals surface area contributed by atoms with E-state index in [0.29, 0.717) is 23.2 Å². The molecule has 0 aromatic carbocycles. The SMILES string of the molecule is CNC12CC3CC(C1)C(=O)C(C3)C2. The lowest BCUT2D eigenvalue weighted by molar-refractivity contribution is -0.142. The summed E-state index contributed by atoms with van der Waals surface area (Å²) in [7, 11) is 2.07. The summed E-state index contributed by atoms with van der Waals surface area (Å²) in [5, 5.41) is 3.48. The number of carbonyl (C=O) groups excluding carboxylic acids is 1. The molecule has 2 unspecified atom stereocenters. The van der Waals surface area contributed by atoms with Gasteiger partial charge in [0.1, 0.15) is 5.78 Å². The van der Waals surface area contributed by atoms with E-state index in [4.69, 9.17) is 0 Å². The van der Waals surface area contributed by atoms with Crippen molar-refractivity contribution in [2.75, 3.05) is 7.05 Å². The second-order valence-corrected chi connectivity index (χ2v) is 5.28. The average molecular weight is 179 g/mol. The number of hydrogen-bond acceptors (Lipinski definition) is 2. The molecule has 13 heavy (non-hydrogen) atoms. The summed E-state index contributed by atoms with van der Waals surface area (Å²) >= 11 is 0. The quantitative estimate of drug-likeness (QED) is 0.658. The van der Waals surface area contributed by atoms with E-state index in [9.17, 15) is 4.79 Å². The van der Waals surface area contributed by atoms with Crippen molar-refractivity contribution < 1.29 is 4.79 Å². The van der Waals surface area contributed by atoms with Crippen molar-refractivity contribution in [2.24, 2.45) is 17.8 Å². The Bertz CT molecular complexity index is 243. The predicted molar refractivity (Wildman–Crippen MR) is 50.4 cm³/mol. The fraction of sp³-hybridized carbons (Fsp3) is 0.909. The zero-order valence-electron chi connectivity index (χ0n) is 8.18. The first-order chi connectivity index (χ1) is 6.22. The maximum Gasteiger partial charge on any atom is 0.139 e. The number of ketones is 1. The maximum absolute atomic E-state index is 11.8. The van der Waals surface area contributed by atoms with Crippen LogP contribution < -0.4 is 5.32 Å². The van der Waals surface area contributed by atoms with Gasteiger partial charge in [0, 0.05) is 17.4 Å². The number of Topliss-reactive ketones (excluding diaryl/α,β-unsaturated/α-hetero) is 1. The van der Waals surface area contributed by atoms with Crippen molar-refractivity contribution >= 4 is 5.78 Å². The number of hydrogen-bond donors (Lipinski definition) is 1. The van der Waals surface area contributed by atoms with E-state index in [1.807, 2.05) is 0 Å². The van der Waals surface area contributed by atoms with Crippen molar-refractivity contribution in [1.82, 2.24) is 5.32 Å². The van der Waals surface area contributed by atoms with Gasteiger partial charge >= 0.3 is 0 Å². The summed E-state index contributed by atoms with van der Waals surface area (Å²) in [6.07, 6.45) is 5.95. The molecule has 2 nitrogen and oxygen atoms in total. The van der Waals surface area contributed by atoms with Crippen molar-refractivity contribution in [2.45, 2.75) is 37.6 Å². The van der Waals surface area contributed by atoms with E-state index >= 15 is 0 Å². The first kappa shape index (κ1) is 7.98. The topological polar surface area (TPSA) is 29.1 Å². The summed E-state index contributed by atoms with van der Waals surface area (Å²) in [4.78, 5) is 11.8. The lowest BCUT2D eigenvalue weighted by atomic mass is 9.52. The largest absolute Gasteiger partial charge is 0.314 e. The Morgan fingerprint density at radius 1 is 1.23 bits per heavy atom. The molecule has 4 rings (SSSR count). The van der Waals surface area contributed by atoms with Gasteiger partial charge in [0.25, 0.3) is 0 Å². The predicted octanol–water partition coefficient (Wildman–Crippen LogP) is 1.35. The molecule has 0 aromatic heterocycles. The van der Waals surface area contributed by atoms with Gasteiger partial charge in [-0.05, 0) is 45.1 Å². The summed E-state index contributed by atoms with van der Waals surface area (Å²) < 4.78 is 0. The lowest BCUT2D eigenvalue weighted by Crippen LogP contribution is -2.60. The summed E-state index contributed by atoms with van der Waals surface area (Å²) in [6, 6.07) is 0. The van der Waals surface area contributed by atoms with Gasteiger partial charge in [-0.25, -0.2) is 0 Å². The second kappa shape index (κ2) is 2.35. The summed E-state index contributed by atoms with van der Waals surface area (Å²) in [6.45, 7) is 0. The van der Waals surface area contributed by atoms with E-state index in [1.165, 1.54) is 19.3 Å². The fourth-order valence-electron chi connectivity index (χ4n) is 4.05. The van der Waals surface area contributed by atoms with E-state index in [1.54, 1.807) is 0 Å². The molecule has 4 bridgehead atoms. The Kier molecular flexibility index (Phi) is 1.44. The zero-order chi connectivity index (χ0) is 9.05. The van der Waals surface area contributed by atoms with Gasteiger partial charge in [0.15, 0.2) is 0 Å². The molecule has 0 spiro atoms. The Hall–Kier alpha value is -0.370. The molecule has 0 aliphatic heterocycles. The molecule has 2 heteroatoms. The van der Waals surface area contributed by atoms with Crippen molar-refractivity contribution in [3.8, 4) is 0 Å². The van der Waals surface area contributed by atoms with Gasteiger partial charge < -0.3 is 5.32 Å². The maximum atomic E-state index is 11.8. The fourth-order valence-corrected chi connectivity index (χ4v) is 4.05. The first-order valence-electron chi connectivity index (χ1n) is 5.45. The third-order valence-electron chi connectivity index (χ3n) is 4.52. The van der Waals surface area contributed by atoms with E-state index in [2.05, 4.69) is 12.4 Å². The van der Waals surface area contributed by atoms with Gasteiger partial charge in [-0.2, -0.15) is 0 Å². The number of nitrogens with one attached hydrogen (secondary N) is 1. The third kappa shape index (κ3) is 0.954. The Morgan fingerprint density at radius 2 is 1.85 bits per heavy atom. The van der Waals surface area contributed by atoms with Crippen LogP contribution in [0.3, 0.4) is 0 Å². The first-order valence-corrected chi connectivity index (χ1v) is 5.45. The van der Waals surface area contributed by atoms with E-state index < -0.39 is 0 Å². The molecular formula is C11H17NO. The van der Waals surface area contributed by atoms with Crippen LogP contribution in [0.2, 0.25) is 0 Å². The normalized spacial score (nSPS) is 53.0. The minimum absolute atomic E-state index is 0.352. The van der Waals surface area contributed by atoms with Gasteiger partial charge in [-0.3, -0.25) is 4.79 Å². The number of rotatable bonds is 1. The molecule has 0 amide bonds. The molecule has 4 fully saturated rings. The molecule has 72 valence electrons. The molecular weight excluding hydrogens is 162 g/mol. The monoisotopic (exact) mass is 179 g/mol. The molecule has 4 saturated carbocycles. The standard InChI is InChI=1S/C11H17NO/c1-12-11-4-7-2-8(5-11)10(13)9(3-7)6-11/h7-9,12H,2-6H2,1H3. The van der Waals surface area contributed by atoms with Gasteiger partial charge in [0.05, 0.1) is 0 Å². The lowest BCUT2D eigenvalue weighted by Gasteiger charge is -2.55. The van der Waals surface area contributed by atoms with Crippen LogP contribution in [-0.2, 0) is 4.79 Å². The molecule has 4 aliphatic rings. The molecule has 2 atom stereocenters. The van der Waals surface area contributed by atoms with Crippen molar-refractivity contribution in [3.05, 3.63) is 0 Å². The minimum Gasteiger partial charge on any atom is -0.314 e. The smallest absolute Gasteiger partial charge is 0.139 e. The highest BCUT2D eigenvalue weighted by Crippen LogP contribution is 2.53. The highest BCUT2D eigenvalue weighted by Gasteiger charge is 2.54. The minimum atomic E-state index is 0.352. The summed E-state index contributed by atoms with van der Waals surface area (Å²) in [5.74, 6) is 2.27. The molecule has 0 aromatic rings. The van der Waals surface area contributed by atoms with Crippen LogP contribution in [-0.4, -0.2) is 18.4 Å². The second-order valence-electron chi connectivity index (χ2n) is 5.28. The van der Waals surface area contributed by atoms with Crippen LogP contribution in [0.5, 0.6) is 0 Å². The zero-order valence-corrected chi connectivity index (χ0v) is 8.18. The molecule has 0 radical (unpaired) electrons. The van der Waals surface area contributed by atoms with Crippen molar-refractivity contribution in [1.29, 1.82) is 0 Å². The number of carbonyl (C=O) groups is 1. The van der Waals surface area contributed by atoms with Crippen LogP contribution in [0, 0.1) is 17.8 Å². The van der Waals surface area contributed by atoms with Crippen LogP contribution in [0.1, 0.15) is 32.1 Å². The van der Waals surface area contributed by atoms with Gasteiger partial charge in [-0.15, -0.1) is 0 Å². The van der Waals surface area contributed by atoms with E-state index in [0.717, 1.165) is 18.8 Å². The van der Waals surface area contributed by atoms with Crippen LogP contribution in [0.25, 0.3) is 0 Å². The van der Waals surface area contributed by atoms with E-state index in [-0.39, 0.29) is 0 Å². The van der Waals surface area contributed by atoms with Crippen LogP contribution in [0.4, 0.5) is 0 Å². The Morgan fingerprint density at radius 3 is 2.38 bits per heavy atom. The van der Waals surface area contributed by atoms with Crippen LogP contribution in [0.15, 0.2) is 0 Å². The highest BCUT2D eigenvalue weighted by atomic mass is 16.1. The summed E-state index contributed by atoms with van der Waals surface area (Å²) in [5.41, 5.74) is 0.352.